The Labute approximate surface area is 68.8 Å². The fraction of sp³-hybridized carbons (Fsp3) is 0. The second-order valence-electron chi connectivity index (χ2n) is 1.30. The molecule has 0 heterocycles. The van der Waals surface area contributed by atoms with E-state index >= 15 is 0 Å². The van der Waals surface area contributed by atoms with Crippen molar-refractivity contribution >= 4 is 11.9 Å². The van der Waals surface area contributed by atoms with Crippen molar-refractivity contribution < 1.29 is 0 Å². The molecule has 0 saturated heterocycles. The van der Waals surface area contributed by atoms with Gasteiger partial charge in [0, 0.05) is 0 Å². The molecule has 0 atom stereocenters. The third-order valence-electron chi connectivity index (χ3n) is 0.381. The van der Waals surface area contributed by atoms with Gasteiger partial charge in [0.25, 0.3) is 0 Å². The molecular weight excluding hydrogens is 160 g/mol. The summed E-state index contributed by atoms with van der Waals surface area (Å²) in [5.74, 6) is -0.644. The van der Waals surface area contributed by atoms with E-state index < -0.39 is 0 Å². The third kappa shape index (κ3) is 25.8. The highest BCUT2D eigenvalue weighted by atomic mass is 15.0. The van der Waals surface area contributed by atoms with Crippen LogP contribution in [-0.4, -0.2) is 11.9 Å². The molecule has 0 unspecified atom stereocenters. The van der Waals surface area contributed by atoms with E-state index in [1.807, 2.05) is 10.6 Å². The zero-order chi connectivity index (χ0) is 9.98. The lowest BCUT2D eigenvalue weighted by Gasteiger charge is -1.82. The highest BCUT2D eigenvalue weighted by Gasteiger charge is 1.73. The van der Waals surface area contributed by atoms with Crippen molar-refractivity contribution in [3.05, 3.63) is 0 Å². The summed E-state index contributed by atoms with van der Waals surface area (Å²) in [5.41, 5.74) is 9.31. The summed E-state index contributed by atoms with van der Waals surface area (Å²) in [6.45, 7) is 0. The zero-order valence-electron chi connectivity index (χ0n) is 6.05. The van der Waals surface area contributed by atoms with Crippen LogP contribution >= 0.6 is 0 Å². The minimum atomic E-state index is -0.322. The first kappa shape index (κ1) is 12.2. The van der Waals surface area contributed by atoms with Crippen LogP contribution in [-0.2, 0) is 0 Å². The van der Waals surface area contributed by atoms with Crippen molar-refractivity contribution in [1.82, 2.24) is 10.6 Å². The van der Waals surface area contributed by atoms with Crippen LogP contribution in [0.5, 0.6) is 0 Å². The van der Waals surface area contributed by atoms with E-state index in [0.29, 0.717) is 0 Å². The quantitative estimate of drug-likeness (QED) is 0.105. The highest BCUT2D eigenvalue weighted by molar-refractivity contribution is 5.75. The largest absolute Gasteiger partial charge is 0.369 e. The topological polar surface area (TPSA) is 171 Å². The van der Waals surface area contributed by atoms with Gasteiger partial charge in [-0.1, -0.05) is 0 Å². The molecule has 8 heteroatoms. The Bertz CT molecular complexity index is 202. The molecule has 0 aliphatic rings. The minimum absolute atomic E-state index is 0.322. The van der Waals surface area contributed by atoms with Crippen LogP contribution in [0.2, 0.25) is 0 Å². The first-order valence-electron chi connectivity index (χ1n) is 2.52. The standard InChI is InChI=1S/2C2H4N4/c2*3-1-6-2(4)5/h2*(H4,4,5,6). The maximum absolute atomic E-state index is 7.65. The number of hydrogen-bond acceptors (Lipinski definition) is 4. The predicted molar refractivity (Wildman–Crippen MR) is 41.3 cm³/mol. The number of nitrogens with one attached hydrogen (secondary N) is 4. The first-order valence-corrected chi connectivity index (χ1v) is 2.52. The Kier molecular flexibility index (Phi) is 8.68. The van der Waals surface area contributed by atoms with E-state index in [1.54, 1.807) is 0 Å². The van der Waals surface area contributed by atoms with E-state index in [9.17, 15) is 0 Å². The van der Waals surface area contributed by atoms with E-state index in [-0.39, 0.29) is 11.9 Å². The summed E-state index contributed by atoms with van der Waals surface area (Å²) in [4.78, 5) is 0. The monoisotopic (exact) mass is 168 g/mol. The molecular formula is C4H8N8. The molecule has 0 amide bonds. The Morgan fingerprint density at radius 2 is 1.25 bits per heavy atom. The van der Waals surface area contributed by atoms with Crippen molar-refractivity contribution in [3.63, 3.8) is 0 Å². The summed E-state index contributed by atoms with van der Waals surface area (Å²) in [6.07, 6.45) is 2.94. The van der Waals surface area contributed by atoms with Crippen LogP contribution in [0.15, 0.2) is 0 Å². The number of rotatable bonds is 0. The van der Waals surface area contributed by atoms with Gasteiger partial charge >= 0.3 is 0 Å². The molecule has 0 saturated carbocycles. The molecule has 0 radical (unpaired) electrons. The molecule has 64 valence electrons. The number of nitrogens with two attached hydrogens (primary N) is 2. The molecule has 0 spiro atoms. The molecule has 0 aromatic rings. The minimum Gasteiger partial charge on any atom is -0.369 e. The fourth-order valence-electron chi connectivity index (χ4n) is 0.120. The van der Waals surface area contributed by atoms with Gasteiger partial charge in [0.05, 0.1) is 0 Å². The Balaban J connectivity index is 0. The van der Waals surface area contributed by atoms with Gasteiger partial charge in [0.2, 0.25) is 0 Å². The zero-order valence-corrected chi connectivity index (χ0v) is 6.05. The number of hydrogen-bond donors (Lipinski definition) is 6. The van der Waals surface area contributed by atoms with Gasteiger partial charge in [-0.25, -0.2) is 0 Å². The van der Waals surface area contributed by atoms with Gasteiger partial charge in [-0.3, -0.25) is 21.5 Å². The summed E-state index contributed by atoms with van der Waals surface area (Å²) in [5, 5.41) is 31.7. The van der Waals surface area contributed by atoms with E-state index in [2.05, 4.69) is 11.5 Å². The first-order chi connectivity index (χ1) is 5.54. The normalized spacial score (nSPS) is 5.83. The van der Waals surface area contributed by atoms with E-state index in [4.69, 9.17) is 21.3 Å². The van der Waals surface area contributed by atoms with Crippen LogP contribution in [0, 0.1) is 33.7 Å². The second-order valence-corrected chi connectivity index (χ2v) is 1.30. The lowest BCUT2D eigenvalue weighted by Crippen LogP contribution is -2.25. The van der Waals surface area contributed by atoms with Crippen LogP contribution in [0.25, 0.3) is 0 Å². The van der Waals surface area contributed by atoms with Crippen molar-refractivity contribution in [2.24, 2.45) is 11.5 Å². The van der Waals surface area contributed by atoms with Gasteiger partial charge in [-0.2, -0.15) is 10.5 Å². The van der Waals surface area contributed by atoms with Gasteiger partial charge in [-0.05, 0) is 0 Å². The molecule has 0 aromatic carbocycles. The van der Waals surface area contributed by atoms with E-state index in [1.165, 1.54) is 12.4 Å². The summed E-state index contributed by atoms with van der Waals surface area (Å²) in [7, 11) is 0. The molecule has 0 aromatic heterocycles. The molecule has 8 nitrogen and oxygen atoms in total. The Morgan fingerprint density at radius 1 is 1.00 bits per heavy atom. The van der Waals surface area contributed by atoms with Gasteiger partial charge < -0.3 is 11.5 Å². The smallest absolute Gasteiger partial charge is 0.199 e. The van der Waals surface area contributed by atoms with Crippen molar-refractivity contribution in [1.29, 1.82) is 21.3 Å². The Morgan fingerprint density at radius 3 is 1.25 bits per heavy atom. The third-order valence-corrected chi connectivity index (χ3v) is 0.381. The molecule has 0 aliphatic carbocycles. The predicted octanol–water partition coefficient (Wildman–Crippen LogP) is -2.10. The van der Waals surface area contributed by atoms with Crippen LogP contribution < -0.4 is 22.1 Å². The number of nitrogens with zero attached hydrogens (tertiary/aromatic N) is 2. The molecule has 0 bridgehead atoms. The van der Waals surface area contributed by atoms with Gasteiger partial charge in [-0.15, -0.1) is 0 Å². The van der Waals surface area contributed by atoms with Crippen molar-refractivity contribution in [2.45, 2.75) is 0 Å². The fourth-order valence-corrected chi connectivity index (χ4v) is 0.120. The maximum atomic E-state index is 7.65. The molecule has 0 aliphatic heterocycles. The van der Waals surface area contributed by atoms with Crippen LogP contribution in [0.1, 0.15) is 0 Å². The van der Waals surface area contributed by atoms with Crippen molar-refractivity contribution in [2.75, 3.05) is 0 Å². The summed E-state index contributed by atoms with van der Waals surface area (Å²) in [6, 6.07) is 0. The van der Waals surface area contributed by atoms with E-state index in [0.717, 1.165) is 0 Å². The molecule has 12 heavy (non-hydrogen) atoms. The molecule has 8 N–H and O–H groups in total. The van der Waals surface area contributed by atoms with Crippen LogP contribution in [0.3, 0.4) is 0 Å². The number of guanidine groups is 2. The lowest BCUT2D eigenvalue weighted by atomic mass is 11.0. The Hall–Kier alpha value is -2.48. The van der Waals surface area contributed by atoms with Crippen molar-refractivity contribution in [3.8, 4) is 12.4 Å². The molecule has 0 fully saturated rings. The van der Waals surface area contributed by atoms with Crippen LogP contribution in [0.4, 0.5) is 0 Å². The molecule has 0 rings (SSSR count). The summed E-state index contributed by atoms with van der Waals surface area (Å²) >= 11 is 0. The summed E-state index contributed by atoms with van der Waals surface area (Å²) < 4.78 is 0. The average Bonchev–Trinajstić information content (AvgIpc) is 1.87. The lowest BCUT2D eigenvalue weighted by molar-refractivity contribution is 1.19. The average molecular weight is 168 g/mol. The SMILES string of the molecule is N#CNC(=N)N.N#CNC(=N)N. The van der Waals surface area contributed by atoms with Gasteiger partial charge in [0.15, 0.2) is 24.3 Å². The number of nitriles is 2. The second kappa shape index (κ2) is 8.52. The maximum Gasteiger partial charge on any atom is 0.199 e. The highest BCUT2D eigenvalue weighted by Crippen LogP contribution is 1.38. The van der Waals surface area contributed by atoms with Gasteiger partial charge in [0.1, 0.15) is 0 Å².